The Kier molecular flexibility index (Phi) is 6.83. The van der Waals surface area contributed by atoms with Crippen molar-refractivity contribution in [3.05, 3.63) is 53.9 Å². The second kappa shape index (κ2) is 9.72. The second-order valence-electron chi connectivity index (χ2n) is 6.54. The van der Waals surface area contributed by atoms with Crippen molar-refractivity contribution in [2.75, 3.05) is 39.4 Å². The number of hydrogen-bond donors (Lipinski definition) is 0. The van der Waals surface area contributed by atoms with Gasteiger partial charge in [0.2, 0.25) is 0 Å². The smallest absolute Gasteiger partial charge is 0.409 e. The SMILES string of the molecule is CCOC(=O)N1CCN(C(=O)COC(=O)c2ccc(Cn3cccn3)cc2)CC1. The highest BCUT2D eigenvalue weighted by atomic mass is 16.6. The van der Waals surface area contributed by atoms with Gasteiger partial charge in [0.1, 0.15) is 0 Å². The Hall–Kier alpha value is -3.36. The summed E-state index contributed by atoms with van der Waals surface area (Å²) in [6, 6.07) is 8.84. The van der Waals surface area contributed by atoms with Crippen LogP contribution < -0.4 is 0 Å². The minimum absolute atomic E-state index is 0.280. The highest BCUT2D eigenvalue weighted by Gasteiger charge is 2.25. The molecule has 1 aliphatic heterocycles. The Morgan fingerprint density at radius 2 is 1.69 bits per heavy atom. The standard InChI is InChI=1S/C20H24N4O5/c1-2-28-20(27)23-12-10-22(11-13-23)18(25)15-29-19(26)17-6-4-16(5-7-17)14-24-9-3-8-21-24/h3-9H,2,10-15H2,1H3. The number of nitrogens with zero attached hydrogens (tertiary/aromatic N) is 4. The number of esters is 1. The summed E-state index contributed by atoms with van der Waals surface area (Å²) in [5, 5.41) is 4.14. The third-order valence-corrected chi connectivity index (χ3v) is 4.58. The first-order valence-electron chi connectivity index (χ1n) is 9.49. The highest BCUT2D eigenvalue weighted by Crippen LogP contribution is 2.09. The molecule has 0 atom stereocenters. The lowest BCUT2D eigenvalue weighted by atomic mass is 10.1. The molecule has 1 fully saturated rings. The van der Waals surface area contributed by atoms with Gasteiger partial charge in [-0.05, 0) is 30.7 Å². The molecule has 9 nitrogen and oxygen atoms in total. The van der Waals surface area contributed by atoms with Gasteiger partial charge >= 0.3 is 12.1 Å². The molecule has 154 valence electrons. The fourth-order valence-corrected chi connectivity index (χ4v) is 2.98. The van der Waals surface area contributed by atoms with Crippen LogP contribution in [0.4, 0.5) is 4.79 Å². The monoisotopic (exact) mass is 400 g/mol. The molecule has 29 heavy (non-hydrogen) atoms. The van der Waals surface area contributed by atoms with Crippen LogP contribution in [0, 0.1) is 0 Å². The van der Waals surface area contributed by atoms with Crippen LogP contribution in [0.2, 0.25) is 0 Å². The van der Waals surface area contributed by atoms with Crippen LogP contribution in [0.1, 0.15) is 22.8 Å². The molecular formula is C20H24N4O5. The number of carbonyl (C=O) groups excluding carboxylic acids is 3. The van der Waals surface area contributed by atoms with Gasteiger partial charge in [-0.25, -0.2) is 9.59 Å². The number of aromatic nitrogens is 2. The highest BCUT2D eigenvalue weighted by molar-refractivity contribution is 5.91. The lowest BCUT2D eigenvalue weighted by molar-refractivity contribution is -0.136. The van der Waals surface area contributed by atoms with E-state index in [0.29, 0.717) is 44.9 Å². The normalized spacial score (nSPS) is 13.8. The molecule has 0 N–H and O–H groups in total. The molecule has 0 radical (unpaired) electrons. The average Bonchev–Trinajstić information content (AvgIpc) is 3.25. The number of carbonyl (C=O) groups is 3. The minimum atomic E-state index is -0.547. The minimum Gasteiger partial charge on any atom is -0.452 e. The zero-order chi connectivity index (χ0) is 20.6. The largest absolute Gasteiger partial charge is 0.452 e. The fraction of sp³-hybridized carbons (Fsp3) is 0.400. The summed E-state index contributed by atoms with van der Waals surface area (Å²) in [7, 11) is 0. The Labute approximate surface area is 168 Å². The molecule has 2 amide bonds. The predicted molar refractivity (Wildman–Crippen MR) is 103 cm³/mol. The van der Waals surface area contributed by atoms with E-state index in [1.807, 2.05) is 24.4 Å². The van der Waals surface area contributed by atoms with Crippen LogP contribution in [0.3, 0.4) is 0 Å². The van der Waals surface area contributed by atoms with E-state index >= 15 is 0 Å². The average molecular weight is 400 g/mol. The van der Waals surface area contributed by atoms with E-state index in [9.17, 15) is 14.4 Å². The molecule has 2 aromatic rings. The van der Waals surface area contributed by atoms with Gasteiger partial charge < -0.3 is 19.3 Å². The lowest BCUT2D eigenvalue weighted by Crippen LogP contribution is -2.51. The van der Waals surface area contributed by atoms with Crippen molar-refractivity contribution in [3.8, 4) is 0 Å². The number of ether oxygens (including phenoxy) is 2. The number of hydrogen-bond acceptors (Lipinski definition) is 6. The summed E-state index contributed by atoms with van der Waals surface area (Å²) < 4.78 is 11.9. The van der Waals surface area contributed by atoms with Crippen molar-refractivity contribution >= 4 is 18.0 Å². The van der Waals surface area contributed by atoms with E-state index in [1.165, 1.54) is 0 Å². The molecule has 0 aliphatic carbocycles. The summed E-state index contributed by atoms with van der Waals surface area (Å²) in [4.78, 5) is 39.3. The quantitative estimate of drug-likeness (QED) is 0.680. The van der Waals surface area contributed by atoms with Crippen molar-refractivity contribution in [1.29, 1.82) is 0 Å². The Morgan fingerprint density at radius 1 is 1.00 bits per heavy atom. The van der Waals surface area contributed by atoms with Gasteiger partial charge in [0, 0.05) is 38.6 Å². The van der Waals surface area contributed by atoms with Gasteiger partial charge in [-0.2, -0.15) is 5.10 Å². The molecule has 1 saturated heterocycles. The first-order valence-corrected chi connectivity index (χ1v) is 9.49. The van der Waals surface area contributed by atoms with Crippen molar-refractivity contribution in [2.45, 2.75) is 13.5 Å². The van der Waals surface area contributed by atoms with Crippen LogP contribution in [-0.4, -0.2) is 76.9 Å². The second-order valence-corrected chi connectivity index (χ2v) is 6.54. The van der Waals surface area contributed by atoms with E-state index in [2.05, 4.69) is 5.10 Å². The number of amides is 2. The molecule has 2 heterocycles. The summed E-state index contributed by atoms with van der Waals surface area (Å²) in [6.45, 7) is 3.92. The van der Waals surface area contributed by atoms with Gasteiger partial charge in [-0.1, -0.05) is 12.1 Å². The first-order chi connectivity index (χ1) is 14.1. The summed E-state index contributed by atoms with van der Waals surface area (Å²) in [6.07, 6.45) is 3.20. The van der Waals surface area contributed by atoms with Gasteiger partial charge in [0.05, 0.1) is 18.7 Å². The number of piperazine rings is 1. The molecular weight excluding hydrogens is 376 g/mol. The maximum absolute atomic E-state index is 12.3. The van der Waals surface area contributed by atoms with E-state index in [-0.39, 0.29) is 18.6 Å². The van der Waals surface area contributed by atoms with Crippen LogP contribution in [0.25, 0.3) is 0 Å². The van der Waals surface area contributed by atoms with E-state index < -0.39 is 5.97 Å². The van der Waals surface area contributed by atoms with E-state index in [1.54, 1.807) is 39.7 Å². The fourth-order valence-electron chi connectivity index (χ4n) is 2.98. The molecule has 0 saturated carbocycles. The summed E-state index contributed by atoms with van der Waals surface area (Å²) >= 11 is 0. The maximum atomic E-state index is 12.3. The van der Waals surface area contributed by atoms with Gasteiger partial charge in [0.15, 0.2) is 6.61 Å². The Bertz CT molecular complexity index is 827. The number of benzene rings is 1. The zero-order valence-corrected chi connectivity index (χ0v) is 16.3. The van der Waals surface area contributed by atoms with Gasteiger partial charge in [0.25, 0.3) is 5.91 Å². The first kappa shape index (κ1) is 20.4. The van der Waals surface area contributed by atoms with Crippen molar-refractivity contribution in [1.82, 2.24) is 19.6 Å². The Balaban J connectivity index is 1.43. The van der Waals surface area contributed by atoms with Crippen molar-refractivity contribution in [2.24, 2.45) is 0 Å². The van der Waals surface area contributed by atoms with E-state index in [4.69, 9.17) is 9.47 Å². The molecule has 0 spiro atoms. The molecule has 0 bridgehead atoms. The maximum Gasteiger partial charge on any atom is 0.409 e. The Morgan fingerprint density at radius 3 is 2.31 bits per heavy atom. The molecule has 0 unspecified atom stereocenters. The lowest BCUT2D eigenvalue weighted by Gasteiger charge is -2.33. The van der Waals surface area contributed by atoms with Crippen molar-refractivity contribution < 1.29 is 23.9 Å². The molecule has 1 aromatic heterocycles. The predicted octanol–water partition coefficient (Wildman–Crippen LogP) is 1.39. The molecule has 1 aliphatic rings. The topological polar surface area (TPSA) is 94.0 Å². The molecule has 1 aromatic carbocycles. The third-order valence-electron chi connectivity index (χ3n) is 4.58. The van der Waals surface area contributed by atoms with Crippen LogP contribution in [0.5, 0.6) is 0 Å². The van der Waals surface area contributed by atoms with E-state index in [0.717, 1.165) is 5.56 Å². The summed E-state index contributed by atoms with van der Waals surface area (Å²) in [5.74, 6) is -0.827. The van der Waals surface area contributed by atoms with Crippen LogP contribution in [-0.2, 0) is 20.8 Å². The van der Waals surface area contributed by atoms with Gasteiger partial charge in [-0.3, -0.25) is 9.48 Å². The molecule has 9 heteroatoms. The van der Waals surface area contributed by atoms with Crippen LogP contribution in [0.15, 0.2) is 42.7 Å². The zero-order valence-electron chi connectivity index (χ0n) is 16.3. The van der Waals surface area contributed by atoms with Crippen molar-refractivity contribution in [3.63, 3.8) is 0 Å². The molecule has 3 rings (SSSR count). The number of rotatable bonds is 6. The summed E-state index contributed by atoms with van der Waals surface area (Å²) in [5.41, 5.74) is 1.38. The third kappa shape index (κ3) is 5.56. The van der Waals surface area contributed by atoms with Gasteiger partial charge in [-0.15, -0.1) is 0 Å². The van der Waals surface area contributed by atoms with Crippen LogP contribution >= 0.6 is 0 Å².